The van der Waals surface area contributed by atoms with Crippen molar-refractivity contribution in [3.63, 3.8) is 0 Å². The Morgan fingerprint density at radius 2 is 1.65 bits per heavy atom. The number of hydrogen-bond donors (Lipinski definition) is 2. The van der Waals surface area contributed by atoms with E-state index in [1.54, 1.807) is 30.3 Å². The summed E-state index contributed by atoms with van der Waals surface area (Å²) in [5, 5.41) is 6.31. The molecule has 1 atom stereocenters. The zero-order chi connectivity index (χ0) is 18.4. The normalized spacial score (nSPS) is 16.3. The Bertz CT molecular complexity index is 771. The SMILES string of the molecule is O=C(NCc1ccccc1Cl)c1ccc(C(=O)NCC2CCCO2)cc1. The van der Waals surface area contributed by atoms with Crippen LogP contribution in [-0.4, -0.2) is 31.1 Å². The minimum Gasteiger partial charge on any atom is -0.376 e. The first-order valence-electron chi connectivity index (χ1n) is 8.65. The highest BCUT2D eigenvalue weighted by Gasteiger charge is 2.17. The van der Waals surface area contributed by atoms with E-state index in [4.69, 9.17) is 16.3 Å². The number of carbonyl (C=O) groups excluding carboxylic acids is 2. The lowest BCUT2D eigenvalue weighted by molar-refractivity contribution is 0.0857. The van der Waals surface area contributed by atoms with E-state index in [9.17, 15) is 9.59 Å². The number of amides is 2. The molecule has 0 bridgehead atoms. The highest BCUT2D eigenvalue weighted by Crippen LogP contribution is 2.15. The van der Waals surface area contributed by atoms with Gasteiger partial charge in [-0.1, -0.05) is 29.8 Å². The topological polar surface area (TPSA) is 67.4 Å². The first kappa shape index (κ1) is 18.4. The lowest BCUT2D eigenvalue weighted by atomic mass is 10.1. The Balaban J connectivity index is 1.52. The molecular weight excluding hydrogens is 352 g/mol. The summed E-state index contributed by atoms with van der Waals surface area (Å²) in [5.41, 5.74) is 1.87. The molecule has 1 heterocycles. The number of ether oxygens (including phenoxy) is 1. The van der Waals surface area contributed by atoms with Crippen LogP contribution in [-0.2, 0) is 11.3 Å². The van der Waals surface area contributed by atoms with Crippen molar-refractivity contribution < 1.29 is 14.3 Å². The van der Waals surface area contributed by atoms with Crippen LogP contribution in [0.1, 0.15) is 39.1 Å². The molecule has 6 heteroatoms. The van der Waals surface area contributed by atoms with Gasteiger partial charge in [-0.25, -0.2) is 0 Å². The third kappa shape index (κ3) is 4.84. The lowest BCUT2D eigenvalue weighted by Crippen LogP contribution is -2.31. The van der Waals surface area contributed by atoms with E-state index in [-0.39, 0.29) is 17.9 Å². The van der Waals surface area contributed by atoms with Crippen LogP contribution in [0.5, 0.6) is 0 Å². The summed E-state index contributed by atoms with van der Waals surface area (Å²) in [4.78, 5) is 24.4. The second-order valence-electron chi connectivity index (χ2n) is 6.20. The van der Waals surface area contributed by atoms with Gasteiger partial charge < -0.3 is 15.4 Å². The molecular formula is C20H21ClN2O3. The van der Waals surface area contributed by atoms with Gasteiger partial charge in [0.15, 0.2) is 0 Å². The standard InChI is InChI=1S/C20H21ClN2O3/c21-18-6-2-1-4-16(18)12-22-19(24)14-7-9-15(10-8-14)20(25)23-13-17-5-3-11-26-17/h1-2,4,6-10,17H,3,5,11-13H2,(H,22,24)(H,23,25). The molecule has 0 saturated carbocycles. The van der Waals surface area contributed by atoms with Crippen molar-refractivity contribution in [3.8, 4) is 0 Å². The van der Waals surface area contributed by atoms with Crippen molar-refractivity contribution in [1.29, 1.82) is 0 Å². The molecule has 0 aromatic heterocycles. The van der Waals surface area contributed by atoms with Gasteiger partial charge in [-0.3, -0.25) is 9.59 Å². The summed E-state index contributed by atoms with van der Waals surface area (Å²) in [6, 6.07) is 13.9. The average Bonchev–Trinajstić information content (AvgIpc) is 3.19. The van der Waals surface area contributed by atoms with E-state index in [1.807, 2.05) is 18.2 Å². The molecule has 0 radical (unpaired) electrons. The Labute approximate surface area is 157 Å². The van der Waals surface area contributed by atoms with Crippen molar-refractivity contribution in [2.24, 2.45) is 0 Å². The molecule has 2 N–H and O–H groups in total. The van der Waals surface area contributed by atoms with Gasteiger partial charge in [0.1, 0.15) is 0 Å². The van der Waals surface area contributed by atoms with Crippen LogP contribution in [0.3, 0.4) is 0 Å². The number of rotatable bonds is 6. The Hall–Kier alpha value is -2.37. The Morgan fingerprint density at radius 1 is 1.00 bits per heavy atom. The second-order valence-corrected chi connectivity index (χ2v) is 6.60. The first-order valence-corrected chi connectivity index (χ1v) is 9.03. The molecule has 1 fully saturated rings. The van der Waals surface area contributed by atoms with Gasteiger partial charge in [-0.05, 0) is 48.7 Å². The minimum atomic E-state index is -0.212. The highest BCUT2D eigenvalue weighted by atomic mass is 35.5. The molecule has 136 valence electrons. The largest absolute Gasteiger partial charge is 0.376 e. The smallest absolute Gasteiger partial charge is 0.251 e. The predicted molar refractivity (Wildman–Crippen MR) is 100 cm³/mol. The molecule has 2 aromatic carbocycles. The maximum absolute atomic E-state index is 12.2. The van der Waals surface area contributed by atoms with Gasteiger partial charge in [0.2, 0.25) is 0 Å². The van der Waals surface area contributed by atoms with Crippen molar-refractivity contribution in [1.82, 2.24) is 10.6 Å². The molecule has 2 amide bonds. The molecule has 26 heavy (non-hydrogen) atoms. The van der Waals surface area contributed by atoms with Crippen molar-refractivity contribution in [3.05, 3.63) is 70.2 Å². The van der Waals surface area contributed by atoms with Crippen molar-refractivity contribution in [2.45, 2.75) is 25.5 Å². The zero-order valence-corrected chi connectivity index (χ0v) is 15.1. The Kier molecular flexibility index (Phi) is 6.26. The molecule has 1 aliphatic heterocycles. The predicted octanol–water partition coefficient (Wildman–Crippen LogP) is 3.18. The second kappa shape index (κ2) is 8.83. The Morgan fingerprint density at radius 3 is 2.27 bits per heavy atom. The molecule has 0 aliphatic carbocycles. The van der Waals surface area contributed by atoms with Gasteiger partial charge in [0.25, 0.3) is 11.8 Å². The van der Waals surface area contributed by atoms with E-state index in [0.29, 0.717) is 29.2 Å². The summed E-state index contributed by atoms with van der Waals surface area (Å²) in [6.07, 6.45) is 2.12. The fraction of sp³-hybridized carbons (Fsp3) is 0.300. The fourth-order valence-corrected chi connectivity index (χ4v) is 3.01. The first-order chi connectivity index (χ1) is 12.6. The average molecular weight is 373 g/mol. The summed E-state index contributed by atoms with van der Waals surface area (Å²) in [7, 11) is 0. The van der Waals surface area contributed by atoms with E-state index in [0.717, 1.165) is 25.0 Å². The summed E-state index contributed by atoms with van der Waals surface area (Å²) in [5.74, 6) is -0.375. The number of carbonyl (C=O) groups is 2. The van der Waals surface area contributed by atoms with Crippen LogP contribution in [0.15, 0.2) is 48.5 Å². The number of benzene rings is 2. The number of hydrogen-bond acceptors (Lipinski definition) is 3. The van der Waals surface area contributed by atoms with E-state index >= 15 is 0 Å². The van der Waals surface area contributed by atoms with Crippen molar-refractivity contribution >= 4 is 23.4 Å². The maximum Gasteiger partial charge on any atom is 0.251 e. The fourth-order valence-electron chi connectivity index (χ4n) is 2.81. The quantitative estimate of drug-likeness (QED) is 0.818. The molecule has 2 aromatic rings. The molecule has 5 nitrogen and oxygen atoms in total. The maximum atomic E-state index is 12.2. The molecule has 3 rings (SSSR count). The number of halogens is 1. The minimum absolute atomic E-state index is 0.105. The molecule has 1 aliphatic rings. The van der Waals surface area contributed by atoms with Crippen LogP contribution in [0.25, 0.3) is 0 Å². The number of nitrogens with one attached hydrogen (secondary N) is 2. The highest BCUT2D eigenvalue weighted by molar-refractivity contribution is 6.31. The monoisotopic (exact) mass is 372 g/mol. The van der Waals surface area contributed by atoms with Crippen LogP contribution in [0.2, 0.25) is 5.02 Å². The molecule has 1 saturated heterocycles. The van der Waals surface area contributed by atoms with Gasteiger partial charge in [0, 0.05) is 35.8 Å². The van der Waals surface area contributed by atoms with Gasteiger partial charge in [0.05, 0.1) is 6.10 Å². The van der Waals surface area contributed by atoms with Crippen LogP contribution >= 0.6 is 11.6 Å². The summed E-state index contributed by atoms with van der Waals surface area (Å²) >= 11 is 6.08. The van der Waals surface area contributed by atoms with E-state index in [2.05, 4.69) is 10.6 Å². The molecule has 1 unspecified atom stereocenters. The van der Waals surface area contributed by atoms with Crippen LogP contribution < -0.4 is 10.6 Å². The summed E-state index contributed by atoms with van der Waals surface area (Å²) in [6.45, 7) is 1.62. The van der Waals surface area contributed by atoms with Gasteiger partial charge in [-0.2, -0.15) is 0 Å². The van der Waals surface area contributed by atoms with Crippen molar-refractivity contribution in [2.75, 3.05) is 13.2 Å². The van der Waals surface area contributed by atoms with Crippen LogP contribution in [0, 0.1) is 0 Å². The zero-order valence-electron chi connectivity index (χ0n) is 14.3. The van der Waals surface area contributed by atoms with Gasteiger partial charge >= 0.3 is 0 Å². The van der Waals surface area contributed by atoms with E-state index < -0.39 is 0 Å². The van der Waals surface area contributed by atoms with Crippen LogP contribution in [0.4, 0.5) is 0 Å². The molecule has 0 spiro atoms. The summed E-state index contributed by atoms with van der Waals surface area (Å²) < 4.78 is 5.48. The van der Waals surface area contributed by atoms with Gasteiger partial charge in [-0.15, -0.1) is 0 Å². The third-order valence-corrected chi connectivity index (χ3v) is 4.69. The third-order valence-electron chi connectivity index (χ3n) is 4.32. The van der Waals surface area contributed by atoms with E-state index in [1.165, 1.54) is 0 Å². The lowest BCUT2D eigenvalue weighted by Gasteiger charge is -2.11.